The van der Waals surface area contributed by atoms with Crippen LogP contribution in [0.5, 0.6) is 11.5 Å². The molecule has 4 rings (SSSR count). The van der Waals surface area contributed by atoms with Gasteiger partial charge in [0.05, 0.1) is 20.3 Å². The van der Waals surface area contributed by atoms with Gasteiger partial charge in [-0.3, -0.25) is 4.79 Å². The summed E-state index contributed by atoms with van der Waals surface area (Å²) in [5.41, 5.74) is 1.95. The van der Waals surface area contributed by atoms with Crippen molar-refractivity contribution in [1.29, 1.82) is 0 Å². The summed E-state index contributed by atoms with van der Waals surface area (Å²) in [4.78, 5) is 14.7. The maximum Gasteiger partial charge on any atom is 0.254 e. The van der Waals surface area contributed by atoms with Crippen LogP contribution in [0.3, 0.4) is 0 Å². The van der Waals surface area contributed by atoms with Crippen LogP contribution in [0.15, 0.2) is 66.7 Å². The summed E-state index contributed by atoms with van der Waals surface area (Å²) < 4.78 is 43.8. The second kappa shape index (κ2) is 9.78. The molecule has 0 N–H and O–H groups in total. The van der Waals surface area contributed by atoms with Crippen molar-refractivity contribution in [3.05, 3.63) is 95.1 Å². The van der Waals surface area contributed by atoms with E-state index in [0.717, 1.165) is 17.7 Å². The molecule has 0 radical (unpaired) electrons. The lowest BCUT2D eigenvalue weighted by molar-refractivity contribution is -0.0229. The van der Waals surface area contributed by atoms with Crippen molar-refractivity contribution < 1.29 is 27.8 Å². The van der Waals surface area contributed by atoms with E-state index in [4.69, 9.17) is 14.2 Å². The van der Waals surface area contributed by atoms with E-state index in [2.05, 4.69) is 0 Å². The van der Waals surface area contributed by atoms with Crippen molar-refractivity contribution in [2.24, 2.45) is 0 Å². The summed E-state index contributed by atoms with van der Waals surface area (Å²) >= 11 is 0. The molecule has 1 saturated heterocycles. The second-order valence-corrected chi connectivity index (χ2v) is 7.42. The van der Waals surface area contributed by atoms with E-state index in [1.54, 1.807) is 23.1 Å². The van der Waals surface area contributed by atoms with Crippen molar-refractivity contribution >= 4 is 5.91 Å². The average Bonchev–Trinajstić information content (AvgIpc) is 2.84. The molecule has 3 aromatic carbocycles. The molecule has 0 aliphatic carbocycles. The minimum atomic E-state index is -0.939. The van der Waals surface area contributed by atoms with E-state index in [1.807, 2.05) is 30.3 Å². The summed E-state index contributed by atoms with van der Waals surface area (Å²) in [6.45, 7) is 1.31. The number of halogens is 2. The first-order valence-electron chi connectivity index (χ1n) is 10.3. The lowest BCUT2D eigenvalue weighted by Crippen LogP contribution is -2.42. The number of carbonyl (C=O) groups is 1. The Balaban J connectivity index is 1.46. The van der Waals surface area contributed by atoms with Crippen LogP contribution in [-0.2, 0) is 11.3 Å². The Morgan fingerprint density at radius 2 is 1.84 bits per heavy atom. The standard InChI is InChI=1S/C25H23F2NO4/c1-30-23-14-19(8-10-22(23)32-16-17-5-3-2-4-6-17)25(29)28-11-12-31-24(15-28)18-7-9-20(26)21(27)13-18/h2-10,13-14,24H,11-12,15-16H2,1H3. The number of rotatable bonds is 6. The molecule has 32 heavy (non-hydrogen) atoms. The van der Waals surface area contributed by atoms with E-state index in [0.29, 0.717) is 42.4 Å². The highest BCUT2D eigenvalue weighted by Gasteiger charge is 2.27. The number of nitrogens with zero attached hydrogens (tertiary/aromatic N) is 1. The number of hydrogen-bond acceptors (Lipinski definition) is 4. The molecule has 3 aromatic rings. The lowest BCUT2D eigenvalue weighted by atomic mass is 10.1. The first kappa shape index (κ1) is 21.8. The molecule has 5 nitrogen and oxygen atoms in total. The zero-order valence-corrected chi connectivity index (χ0v) is 17.6. The van der Waals surface area contributed by atoms with E-state index in [-0.39, 0.29) is 12.5 Å². The molecule has 166 valence electrons. The topological polar surface area (TPSA) is 48.0 Å². The number of morpholine rings is 1. The van der Waals surface area contributed by atoms with Crippen molar-refractivity contribution in [2.45, 2.75) is 12.7 Å². The fourth-order valence-electron chi connectivity index (χ4n) is 3.59. The molecule has 0 aromatic heterocycles. The van der Waals surface area contributed by atoms with Crippen LogP contribution >= 0.6 is 0 Å². The Morgan fingerprint density at radius 3 is 2.59 bits per heavy atom. The zero-order valence-electron chi connectivity index (χ0n) is 17.6. The fourth-order valence-corrected chi connectivity index (χ4v) is 3.59. The monoisotopic (exact) mass is 439 g/mol. The quantitative estimate of drug-likeness (QED) is 0.555. The molecule has 0 bridgehead atoms. The van der Waals surface area contributed by atoms with E-state index in [9.17, 15) is 13.6 Å². The van der Waals surface area contributed by atoms with Gasteiger partial charge < -0.3 is 19.1 Å². The van der Waals surface area contributed by atoms with Crippen LogP contribution < -0.4 is 9.47 Å². The van der Waals surface area contributed by atoms with Gasteiger partial charge in [0.1, 0.15) is 12.7 Å². The predicted molar refractivity (Wildman–Crippen MR) is 115 cm³/mol. The molecule has 1 atom stereocenters. The van der Waals surface area contributed by atoms with Gasteiger partial charge in [-0.2, -0.15) is 0 Å². The number of ether oxygens (including phenoxy) is 3. The molecule has 1 fully saturated rings. The van der Waals surface area contributed by atoms with Gasteiger partial charge in [0.15, 0.2) is 23.1 Å². The summed E-state index contributed by atoms with van der Waals surface area (Å²) in [6.07, 6.45) is -0.529. The van der Waals surface area contributed by atoms with Crippen molar-refractivity contribution in [3.63, 3.8) is 0 Å². The van der Waals surface area contributed by atoms with Crippen molar-refractivity contribution in [2.75, 3.05) is 26.8 Å². The minimum absolute atomic E-state index is 0.200. The van der Waals surface area contributed by atoms with Crippen LogP contribution in [-0.4, -0.2) is 37.6 Å². The predicted octanol–water partition coefficient (Wildman–Crippen LogP) is 4.77. The smallest absolute Gasteiger partial charge is 0.254 e. The van der Waals surface area contributed by atoms with Gasteiger partial charge in [0.2, 0.25) is 0 Å². The third-order valence-electron chi connectivity index (χ3n) is 5.32. The molecule has 7 heteroatoms. The van der Waals surface area contributed by atoms with Crippen LogP contribution in [0, 0.1) is 11.6 Å². The van der Waals surface area contributed by atoms with E-state index in [1.165, 1.54) is 13.2 Å². The van der Waals surface area contributed by atoms with Gasteiger partial charge in [-0.15, -0.1) is 0 Å². The fraction of sp³-hybridized carbons (Fsp3) is 0.240. The average molecular weight is 439 g/mol. The third-order valence-corrected chi connectivity index (χ3v) is 5.32. The highest BCUT2D eigenvalue weighted by atomic mass is 19.2. The molecule has 1 unspecified atom stereocenters. The Kier molecular flexibility index (Phi) is 6.66. The summed E-state index contributed by atoms with van der Waals surface area (Å²) in [6, 6.07) is 18.4. The van der Waals surface area contributed by atoms with Crippen molar-refractivity contribution in [1.82, 2.24) is 4.90 Å². The van der Waals surface area contributed by atoms with Gasteiger partial charge in [-0.05, 0) is 41.5 Å². The van der Waals surface area contributed by atoms with Gasteiger partial charge >= 0.3 is 0 Å². The van der Waals surface area contributed by atoms with Gasteiger partial charge in [-0.25, -0.2) is 8.78 Å². The lowest BCUT2D eigenvalue weighted by Gasteiger charge is -2.33. The molecule has 1 aliphatic rings. The SMILES string of the molecule is COc1cc(C(=O)N2CCOC(c3ccc(F)c(F)c3)C2)ccc1OCc1ccccc1. The van der Waals surface area contributed by atoms with Crippen LogP contribution in [0.25, 0.3) is 0 Å². The highest BCUT2D eigenvalue weighted by molar-refractivity contribution is 5.95. The number of carbonyl (C=O) groups excluding carboxylic acids is 1. The molecular weight excluding hydrogens is 416 g/mol. The first-order chi connectivity index (χ1) is 15.5. The van der Waals surface area contributed by atoms with E-state index >= 15 is 0 Å². The highest BCUT2D eigenvalue weighted by Crippen LogP contribution is 2.30. The maximum atomic E-state index is 13.6. The first-order valence-corrected chi connectivity index (χ1v) is 10.3. The van der Waals surface area contributed by atoms with Crippen LogP contribution in [0.2, 0.25) is 0 Å². The Hall–Kier alpha value is -3.45. The van der Waals surface area contributed by atoms with Gasteiger partial charge in [-0.1, -0.05) is 36.4 Å². The van der Waals surface area contributed by atoms with E-state index < -0.39 is 17.7 Å². The number of amides is 1. The number of benzene rings is 3. The Morgan fingerprint density at radius 1 is 1.03 bits per heavy atom. The second-order valence-electron chi connectivity index (χ2n) is 7.42. The minimum Gasteiger partial charge on any atom is -0.493 e. The molecule has 1 heterocycles. The normalized spacial score (nSPS) is 16.0. The summed E-state index contributed by atoms with van der Waals surface area (Å²) in [7, 11) is 1.52. The zero-order chi connectivity index (χ0) is 22.5. The molecular formula is C25H23F2NO4. The molecule has 1 aliphatic heterocycles. The Labute approximate surface area is 185 Å². The van der Waals surface area contributed by atoms with Gasteiger partial charge in [0, 0.05) is 12.1 Å². The maximum absolute atomic E-state index is 13.6. The number of hydrogen-bond donors (Lipinski definition) is 0. The van der Waals surface area contributed by atoms with Crippen molar-refractivity contribution in [3.8, 4) is 11.5 Å². The summed E-state index contributed by atoms with van der Waals surface area (Å²) in [5.74, 6) is -1.06. The number of methoxy groups -OCH3 is 1. The largest absolute Gasteiger partial charge is 0.493 e. The third kappa shape index (κ3) is 4.89. The van der Waals surface area contributed by atoms with Crippen LogP contribution in [0.1, 0.15) is 27.6 Å². The molecule has 1 amide bonds. The van der Waals surface area contributed by atoms with Crippen LogP contribution in [0.4, 0.5) is 8.78 Å². The Bertz CT molecular complexity index is 1090. The molecule has 0 saturated carbocycles. The summed E-state index contributed by atoms with van der Waals surface area (Å²) in [5, 5.41) is 0. The molecule has 0 spiro atoms. The van der Waals surface area contributed by atoms with Gasteiger partial charge in [0.25, 0.3) is 5.91 Å².